The van der Waals surface area contributed by atoms with Crippen LogP contribution in [0.2, 0.25) is 4.47 Å². The number of nitrogens with zero attached hydrogens (tertiary/aromatic N) is 2. The summed E-state index contributed by atoms with van der Waals surface area (Å²) in [7, 11) is 0. The van der Waals surface area contributed by atoms with Crippen molar-refractivity contribution in [2.24, 2.45) is 0 Å². The van der Waals surface area contributed by atoms with E-state index >= 15 is 0 Å². The Labute approximate surface area is 131 Å². The van der Waals surface area contributed by atoms with E-state index in [1.54, 1.807) is 36.7 Å². The van der Waals surface area contributed by atoms with Gasteiger partial charge in [0.15, 0.2) is 4.47 Å². The number of hydrogen-bond donors (Lipinski definition) is 1. The minimum Gasteiger partial charge on any atom is -0.321 e. The second kappa shape index (κ2) is 5.47. The number of carbonyl (C=O) groups excluding carboxylic acids is 1. The van der Waals surface area contributed by atoms with Gasteiger partial charge in [-0.25, -0.2) is 4.98 Å². The molecule has 1 aromatic carbocycles. The molecule has 0 unspecified atom stereocenters. The van der Waals surface area contributed by atoms with Crippen molar-refractivity contribution in [1.29, 1.82) is 0 Å². The largest absolute Gasteiger partial charge is 0.321 e. The van der Waals surface area contributed by atoms with Gasteiger partial charge in [-0.15, -0.1) is 11.3 Å². The lowest BCUT2D eigenvalue weighted by atomic mass is 10.2. The molecule has 3 aromatic rings. The number of anilines is 1. The molecular weight excluding hydrogens is 362 g/mol. The molecule has 0 bridgehead atoms. The number of nitrogens with one attached hydrogen (secondary N) is 1. The van der Waals surface area contributed by atoms with E-state index in [2.05, 4.69) is 31.2 Å². The number of thiazole rings is 1. The van der Waals surface area contributed by atoms with Crippen LogP contribution in [0.3, 0.4) is 0 Å². The normalized spacial score (nSPS) is 10.7. The fourth-order valence-electron chi connectivity index (χ4n) is 1.71. The van der Waals surface area contributed by atoms with E-state index in [0.717, 1.165) is 14.7 Å². The number of rotatable bonds is 2. The van der Waals surface area contributed by atoms with Crippen molar-refractivity contribution in [3.63, 3.8) is 0 Å². The Morgan fingerprint density at radius 3 is 3.00 bits per heavy atom. The lowest BCUT2D eigenvalue weighted by Crippen LogP contribution is -2.12. The van der Waals surface area contributed by atoms with Crippen molar-refractivity contribution in [2.75, 3.05) is 5.32 Å². The Bertz CT molecular complexity index is 805. The van der Waals surface area contributed by atoms with Crippen LogP contribution in [-0.4, -0.2) is 15.9 Å². The molecule has 0 fully saturated rings. The average molecular weight is 369 g/mol. The van der Waals surface area contributed by atoms with E-state index < -0.39 is 0 Å². The van der Waals surface area contributed by atoms with Gasteiger partial charge in [-0.1, -0.05) is 11.6 Å². The fraction of sp³-hybridized carbons (Fsp3) is 0. The van der Waals surface area contributed by atoms with Crippen LogP contribution < -0.4 is 5.32 Å². The van der Waals surface area contributed by atoms with Crippen LogP contribution in [0.25, 0.3) is 10.2 Å². The maximum absolute atomic E-state index is 12.2. The minimum absolute atomic E-state index is 0.191. The topological polar surface area (TPSA) is 54.9 Å². The van der Waals surface area contributed by atoms with Gasteiger partial charge in [0.25, 0.3) is 5.91 Å². The maximum Gasteiger partial charge on any atom is 0.255 e. The molecule has 2 heterocycles. The lowest BCUT2D eigenvalue weighted by molar-refractivity contribution is 0.102. The van der Waals surface area contributed by atoms with E-state index in [0.29, 0.717) is 15.7 Å². The highest BCUT2D eigenvalue weighted by Gasteiger charge is 2.10. The van der Waals surface area contributed by atoms with Gasteiger partial charge >= 0.3 is 0 Å². The Balaban J connectivity index is 1.90. The zero-order chi connectivity index (χ0) is 14.1. The van der Waals surface area contributed by atoms with Crippen molar-refractivity contribution in [3.8, 4) is 0 Å². The molecule has 4 nitrogen and oxygen atoms in total. The minimum atomic E-state index is -0.191. The first-order valence-corrected chi connectivity index (χ1v) is 7.59. The SMILES string of the molecule is O=C(Nc1ccncc1Br)c1ccc2nc(Cl)sc2c1. The molecule has 0 spiro atoms. The van der Waals surface area contributed by atoms with Crippen molar-refractivity contribution in [3.05, 3.63) is 51.2 Å². The summed E-state index contributed by atoms with van der Waals surface area (Å²) in [6, 6.07) is 7.02. The number of pyridine rings is 1. The van der Waals surface area contributed by atoms with Crippen LogP contribution in [0.5, 0.6) is 0 Å². The molecule has 0 saturated carbocycles. The second-order valence-electron chi connectivity index (χ2n) is 3.96. The second-order valence-corrected chi connectivity index (χ2v) is 6.43. The van der Waals surface area contributed by atoms with Crippen molar-refractivity contribution in [2.45, 2.75) is 0 Å². The molecule has 0 aliphatic rings. The van der Waals surface area contributed by atoms with Gasteiger partial charge < -0.3 is 5.32 Å². The molecule has 0 aliphatic carbocycles. The van der Waals surface area contributed by atoms with Crippen LogP contribution in [0.15, 0.2) is 41.1 Å². The summed E-state index contributed by atoms with van der Waals surface area (Å²) in [6.45, 7) is 0. The molecule has 20 heavy (non-hydrogen) atoms. The van der Waals surface area contributed by atoms with E-state index in [-0.39, 0.29) is 5.91 Å². The van der Waals surface area contributed by atoms with Crippen LogP contribution in [0, 0.1) is 0 Å². The summed E-state index contributed by atoms with van der Waals surface area (Å²) in [5.41, 5.74) is 2.02. The van der Waals surface area contributed by atoms with Gasteiger partial charge in [0.1, 0.15) is 0 Å². The molecule has 2 aromatic heterocycles. The third kappa shape index (κ3) is 2.67. The third-order valence-corrected chi connectivity index (χ3v) is 4.40. The first kappa shape index (κ1) is 13.5. The van der Waals surface area contributed by atoms with Crippen LogP contribution in [0.4, 0.5) is 5.69 Å². The molecule has 0 aliphatic heterocycles. The van der Waals surface area contributed by atoms with Crippen LogP contribution in [0.1, 0.15) is 10.4 Å². The summed E-state index contributed by atoms with van der Waals surface area (Å²) in [4.78, 5) is 20.3. The van der Waals surface area contributed by atoms with Crippen LogP contribution >= 0.6 is 38.9 Å². The molecule has 7 heteroatoms. The average Bonchev–Trinajstić information content (AvgIpc) is 2.80. The number of halogens is 2. The zero-order valence-corrected chi connectivity index (χ0v) is 13.1. The van der Waals surface area contributed by atoms with Gasteiger partial charge in [0.05, 0.1) is 20.4 Å². The quantitative estimate of drug-likeness (QED) is 0.731. The maximum atomic E-state index is 12.2. The first-order chi connectivity index (χ1) is 9.63. The number of benzene rings is 1. The summed E-state index contributed by atoms with van der Waals surface area (Å²) in [6.07, 6.45) is 3.24. The molecule has 1 N–H and O–H groups in total. The monoisotopic (exact) mass is 367 g/mol. The predicted octanol–water partition coefficient (Wildman–Crippen LogP) is 4.36. The summed E-state index contributed by atoms with van der Waals surface area (Å²) >= 11 is 10.5. The number of carbonyl (C=O) groups is 1. The highest BCUT2D eigenvalue weighted by Crippen LogP contribution is 2.27. The van der Waals surface area contributed by atoms with Gasteiger partial charge in [0.2, 0.25) is 0 Å². The van der Waals surface area contributed by atoms with Crippen LogP contribution in [-0.2, 0) is 0 Å². The molecule has 0 radical (unpaired) electrons. The van der Waals surface area contributed by atoms with Gasteiger partial charge in [-0.2, -0.15) is 0 Å². The summed E-state index contributed by atoms with van der Waals surface area (Å²) in [5.74, 6) is -0.191. The van der Waals surface area contributed by atoms with E-state index in [9.17, 15) is 4.79 Å². The molecular formula is C13H7BrClN3OS. The zero-order valence-electron chi connectivity index (χ0n) is 9.93. The third-order valence-electron chi connectivity index (χ3n) is 2.65. The smallest absolute Gasteiger partial charge is 0.255 e. The number of fused-ring (bicyclic) bond motifs is 1. The van der Waals surface area contributed by atoms with Gasteiger partial charge in [-0.05, 0) is 40.2 Å². The van der Waals surface area contributed by atoms with E-state index in [4.69, 9.17) is 11.6 Å². The molecule has 0 saturated heterocycles. The molecule has 3 rings (SSSR count). The standard InChI is InChI=1S/C13H7BrClN3OS/c14-8-6-16-4-3-9(8)17-12(19)7-1-2-10-11(5-7)20-13(15)18-10/h1-6H,(H,16,17,19). The molecule has 1 amide bonds. The molecule has 100 valence electrons. The summed E-state index contributed by atoms with van der Waals surface area (Å²) < 4.78 is 2.08. The van der Waals surface area contributed by atoms with E-state index in [1.807, 2.05) is 0 Å². The highest BCUT2D eigenvalue weighted by molar-refractivity contribution is 9.10. The Morgan fingerprint density at radius 2 is 2.20 bits per heavy atom. The molecule has 0 atom stereocenters. The number of hydrogen-bond acceptors (Lipinski definition) is 4. The Kier molecular flexibility index (Phi) is 3.69. The first-order valence-electron chi connectivity index (χ1n) is 5.60. The van der Waals surface area contributed by atoms with Gasteiger partial charge in [0, 0.05) is 18.0 Å². The van der Waals surface area contributed by atoms with Crippen molar-refractivity contribution < 1.29 is 4.79 Å². The Morgan fingerprint density at radius 1 is 1.35 bits per heavy atom. The predicted molar refractivity (Wildman–Crippen MR) is 84.5 cm³/mol. The highest BCUT2D eigenvalue weighted by atomic mass is 79.9. The fourth-order valence-corrected chi connectivity index (χ4v) is 3.13. The summed E-state index contributed by atoms with van der Waals surface area (Å²) in [5, 5.41) is 2.82. The van der Waals surface area contributed by atoms with Gasteiger partial charge in [-0.3, -0.25) is 9.78 Å². The number of amides is 1. The van der Waals surface area contributed by atoms with Crippen molar-refractivity contribution >= 4 is 60.7 Å². The van der Waals surface area contributed by atoms with E-state index in [1.165, 1.54) is 11.3 Å². The van der Waals surface area contributed by atoms with Crippen molar-refractivity contribution in [1.82, 2.24) is 9.97 Å². The lowest BCUT2D eigenvalue weighted by Gasteiger charge is -2.06. The number of aromatic nitrogens is 2. The Hall–Kier alpha value is -1.50.